The third-order valence-electron chi connectivity index (χ3n) is 3.38. The maximum absolute atomic E-state index is 12.7. The number of carbonyl (C=O) groups excluding carboxylic acids is 1. The average Bonchev–Trinajstić information content (AvgIpc) is 3.28. The van der Waals surface area contributed by atoms with E-state index in [4.69, 9.17) is 0 Å². The number of rotatable bonds is 7. The third kappa shape index (κ3) is 3.48. The monoisotopic (exact) mass is 292 g/mol. The summed E-state index contributed by atoms with van der Waals surface area (Å²) in [4.78, 5) is 29.0. The van der Waals surface area contributed by atoms with Gasteiger partial charge in [0.25, 0.3) is 11.6 Å². The fraction of sp³-hybridized carbons (Fsp3) is 0.571. The molecule has 1 aliphatic rings. The molecule has 1 saturated carbocycles. The molecule has 0 atom stereocenters. The van der Waals surface area contributed by atoms with Crippen LogP contribution in [0, 0.1) is 10.1 Å². The van der Waals surface area contributed by atoms with Gasteiger partial charge in [0, 0.05) is 25.2 Å². The lowest BCUT2D eigenvalue weighted by Crippen LogP contribution is -2.34. The normalized spacial score (nSPS) is 13.8. The van der Waals surface area contributed by atoms with Crippen molar-refractivity contribution in [3.05, 3.63) is 27.9 Å². The molecule has 114 valence electrons. The summed E-state index contributed by atoms with van der Waals surface area (Å²) in [6.45, 7) is 5.16. The first-order valence-corrected chi connectivity index (χ1v) is 7.27. The summed E-state index contributed by atoms with van der Waals surface area (Å²) in [5, 5.41) is 14.1. The highest BCUT2D eigenvalue weighted by atomic mass is 16.6. The highest BCUT2D eigenvalue weighted by molar-refractivity contribution is 5.99. The maximum atomic E-state index is 12.7. The van der Waals surface area contributed by atoms with Gasteiger partial charge in [-0.05, 0) is 26.2 Å². The van der Waals surface area contributed by atoms with Crippen molar-refractivity contribution in [3.63, 3.8) is 0 Å². The molecule has 7 nitrogen and oxygen atoms in total. The van der Waals surface area contributed by atoms with E-state index in [2.05, 4.69) is 10.3 Å². The molecule has 0 saturated heterocycles. The van der Waals surface area contributed by atoms with Gasteiger partial charge in [-0.15, -0.1) is 0 Å². The van der Waals surface area contributed by atoms with E-state index in [9.17, 15) is 14.9 Å². The van der Waals surface area contributed by atoms with E-state index in [0.717, 1.165) is 25.5 Å². The molecular formula is C14H20N4O3. The lowest BCUT2D eigenvalue weighted by atomic mass is 10.1. The minimum atomic E-state index is -0.549. The van der Waals surface area contributed by atoms with Gasteiger partial charge < -0.3 is 10.2 Å². The predicted molar refractivity (Wildman–Crippen MR) is 79.4 cm³/mol. The second kappa shape index (κ2) is 6.51. The molecule has 1 aromatic rings. The summed E-state index contributed by atoms with van der Waals surface area (Å²) >= 11 is 0. The summed E-state index contributed by atoms with van der Waals surface area (Å²) in [5.74, 6) is 0.214. The minimum Gasteiger partial charge on any atom is -0.370 e. The van der Waals surface area contributed by atoms with Crippen LogP contribution in [0.1, 0.15) is 43.5 Å². The van der Waals surface area contributed by atoms with Gasteiger partial charge in [0.1, 0.15) is 17.6 Å². The quantitative estimate of drug-likeness (QED) is 0.616. The minimum absolute atomic E-state index is 0.117. The van der Waals surface area contributed by atoms with Gasteiger partial charge in [-0.25, -0.2) is 4.98 Å². The number of carbonyl (C=O) groups is 1. The fourth-order valence-electron chi connectivity index (χ4n) is 2.27. The second-order valence-corrected chi connectivity index (χ2v) is 5.10. The molecule has 2 rings (SSSR count). The zero-order valence-corrected chi connectivity index (χ0v) is 12.3. The maximum Gasteiger partial charge on any atom is 0.300 e. The van der Waals surface area contributed by atoms with Gasteiger partial charge in [-0.1, -0.05) is 6.92 Å². The summed E-state index contributed by atoms with van der Waals surface area (Å²) < 4.78 is 0. The summed E-state index contributed by atoms with van der Waals surface area (Å²) in [7, 11) is 0. The van der Waals surface area contributed by atoms with Crippen molar-refractivity contribution in [1.82, 2.24) is 9.88 Å². The third-order valence-corrected chi connectivity index (χ3v) is 3.38. The van der Waals surface area contributed by atoms with Crippen molar-refractivity contribution in [2.45, 2.75) is 39.2 Å². The second-order valence-electron chi connectivity index (χ2n) is 5.10. The van der Waals surface area contributed by atoms with E-state index in [-0.39, 0.29) is 23.2 Å². The molecule has 7 heteroatoms. The highest BCUT2D eigenvalue weighted by Crippen LogP contribution is 2.30. The molecule has 1 fully saturated rings. The lowest BCUT2D eigenvalue weighted by Gasteiger charge is -2.21. The van der Waals surface area contributed by atoms with E-state index >= 15 is 0 Å². The van der Waals surface area contributed by atoms with E-state index in [1.165, 1.54) is 6.07 Å². The number of hydrogen-bond acceptors (Lipinski definition) is 5. The first-order valence-electron chi connectivity index (χ1n) is 7.27. The zero-order chi connectivity index (χ0) is 15.4. The van der Waals surface area contributed by atoms with E-state index in [1.807, 2.05) is 13.8 Å². The zero-order valence-electron chi connectivity index (χ0n) is 12.3. The van der Waals surface area contributed by atoms with Crippen molar-refractivity contribution in [2.75, 3.05) is 18.4 Å². The molecule has 0 aromatic carbocycles. The Bertz CT molecular complexity index is 543. The molecule has 21 heavy (non-hydrogen) atoms. The molecule has 0 radical (unpaired) electrons. The molecular weight excluding hydrogens is 272 g/mol. The van der Waals surface area contributed by atoms with Crippen molar-refractivity contribution in [3.8, 4) is 0 Å². The molecule has 1 heterocycles. The topological polar surface area (TPSA) is 88.4 Å². The Labute approximate surface area is 123 Å². The Kier molecular flexibility index (Phi) is 4.72. The van der Waals surface area contributed by atoms with Gasteiger partial charge >= 0.3 is 0 Å². The van der Waals surface area contributed by atoms with Crippen LogP contribution in [0.3, 0.4) is 0 Å². The largest absolute Gasteiger partial charge is 0.370 e. The van der Waals surface area contributed by atoms with E-state index in [0.29, 0.717) is 18.9 Å². The van der Waals surface area contributed by atoms with Gasteiger partial charge in [-0.3, -0.25) is 14.9 Å². The molecule has 1 N–H and O–H groups in total. The first kappa shape index (κ1) is 15.2. The molecule has 1 aliphatic carbocycles. The average molecular weight is 292 g/mol. The van der Waals surface area contributed by atoms with Crippen LogP contribution >= 0.6 is 0 Å². The first-order chi connectivity index (χ1) is 10.1. The van der Waals surface area contributed by atoms with Crippen molar-refractivity contribution in [2.24, 2.45) is 0 Å². The summed E-state index contributed by atoms with van der Waals surface area (Å²) in [6.07, 6.45) is 3.94. The van der Waals surface area contributed by atoms with Crippen LogP contribution in [-0.2, 0) is 0 Å². The Balaban J connectivity index is 2.35. The molecule has 0 spiro atoms. The standard InChI is InChI=1S/C14H20N4O3/c1-3-7-17(10-5-6-10)14(19)11-8-13(15-4-2)16-9-12(11)18(20)21/h8-10H,3-7H2,1-2H3,(H,15,16). The van der Waals surface area contributed by atoms with Gasteiger partial charge in [-0.2, -0.15) is 0 Å². The van der Waals surface area contributed by atoms with Crippen LogP contribution in [0.5, 0.6) is 0 Å². The lowest BCUT2D eigenvalue weighted by molar-refractivity contribution is -0.385. The summed E-state index contributed by atoms with van der Waals surface area (Å²) in [5.41, 5.74) is -0.116. The molecule has 0 unspecified atom stereocenters. The van der Waals surface area contributed by atoms with Crippen molar-refractivity contribution >= 4 is 17.4 Å². The van der Waals surface area contributed by atoms with Crippen LogP contribution in [0.4, 0.5) is 11.5 Å². The molecule has 1 amide bonds. The summed E-state index contributed by atoms with van der Waals surface area (Å²) in [6, 6.07) is 1.71. The smallest absolute Gasteiger partial charge is 0.300 e. The Morgan fingerprint density at radius 2 is 2.24 bits per heavy atom. The van der Waals surface area contributed by atoms with Gasteiger partial charge in [0.2, 0.25) is 0 Å². The van der Waals surface area contributed by atoms with Gasteiger partial charge in [0.15, 0.2) is 0 Å². The van der Waals surface area contributed by atoms with E-state index < -0.39 is 4.92 Å². The molecule has 0 aliphatic heterocycles. The van der Waals surface area contributed by atoms with Crippen LogP contribution in [-0.4, -0.2) is 39.8 Å². The number of nitro groups is 1. The molecule has 1 aromatic heterocycles. The van der Waals surface area contributed by atoms with Crippen molar-refractivity contribution < 1.29 is 9.72 Å². The van der Waals surface area contributed by atoms with Crippen molar-refractivity contribution in [1.29, 1.82) is 0 Å². The van der Waals surface area contributed by atoms with Crippen LogP contribution < -0.4 is 5.32 Å². The van der Waals surface area contributed by atoms with Crippen LogP contribution in [0.2, 0.25) is 0 Å². The number of pyridine rings is 1. The van der Waals surface area contributed by atoms with Crippen LogP contribution in [0.25, 0.3) is 0 Å². The number of nitrogens with zero attached hydrogens (tertiary/aromatic N) is 3. The Hall–Kier alpha value is -2.18. The number of hydrogen-bond donors (Lipinski definition) is 1. The SMILES string of the molecule is CCCN(C(=O)c1cc(NCC)ncc1[N+](=O)[O-])C1CC1. The number of nitrogens with one attached hydrogen (secondary N) is 1. The molecule has 0 bridgehead atoms. The Morgan fingerprint density at radius 3 is 2.76 bits per heavy atom. The Morgan fingerprint density at radius 1 is 1.52 bits per heavy atom. The fourth-order valence-corrected chi connectivity index (χ4v) is 2.27. The number of aromatic nitrogens is 1. The van der Waals surface area contributed by atoms with Gasteiger partial charge in [0.05, 0.1) is 4.92 Å². The van der Waals surface area contributed by atoms with E-state index in [1.54, 1.807) is 4.90 Å². The highest BCUT2D eigenvalue weighted by Gasteiger charge is 2.35. The number of amides is 1. The predicted octanol–water partition coefficient (Wildman–Crippen LogP) is 2.44. The number of anilines is 1. The van der Waals surface area contributed by atoms with Crippen LogP contribution in [0.15, 0.2) is 12.3 Å².